The summed E-state index contributed by atoms with van der Waals surface area (Å²) in [5.41, 5.74) is 2.11. The predicted octanol–water partition coefficient (Wildman–Crippen LogP) is 3.82. The summed E-state index contributed by atoms with van der Waals surface area (Å²) in [4.78, 5) is 12.6. The zero-order chi connectivity index (χ0) is 23.0. The normalized spacial score (nSPS) is 17.1. The third kappa shape index (κ3) is 7.22. The fourth-order valence-corrected chi connectivity index (χ4v) is 5.54. The molecule has 1 saturated heterocycles. The van der Waals surface area contributed by atoms with Crippen LogP contribution < -0.4 is 10.1 Å². The number of benzene rings is 2. The second-order valence-corrected chi connectivity index (χ2v) is 10.6. The molecule has 1 unspecified atom stereocenters. The number of nitrogens with one attached hydrogen (secondary N) is 1. The fourth-order valence-electron chi connectivity index (χ4n) is 3.79. The fraction of sp³-hybridized carbons (Fsp3) is 0.458. The van der Waals surface area contributed by atoms with Gasteiger partial charge >= 0.3 is 0 Å². The number of piperidine rings is 1. The summed E-state index contributed by atoms with van der Waals surface area (Å²) in [7, 11) is -3.37. The molecule has 3 rings (SSSR count). The van der Waals surface area contributed by atoms with Crippen molar-refractivity contribution in [3.05, 3.63) is 64.7 Å². The number of hydrogen-bond donors (Lipinski definition) is 1. The minimum Gasteiger partial charge on any atom is -0.492 e. The SMILES string of the molecule is Cc1ccc(OCCNC(=O)C2CCCN(S(=O)(=O)CCCc3ccccc3)C2)cc1Cl. The molecule has 6 nitrogen and oxygen atoms in total. The molecular weight excluding hydrogens is 448 g/mol. The Kier molecular flexibility index (Phi) is 8.96. The number of rotatable bonds is 10. The van der Waals surface area contributed by atoms with E-state index in [2.05, 4.69) is 5.32 Å². The molecule has 0 aliphatic carbocycles. The second kappa shape index (κ2) is 11.7. The quantitative estimate of drug-likeness (QED) is 0.527. The standard InChI is InChI=1S/C24H31ClN2O4S/c1-19-11-12-22(17-23(19)25)31-15-13-26-24(28)21-10-5-14-27(18-21)32(29,30)16-6-9-20-7-3-2-4-8-20/h2-4,7-8,11-12,17,21H,5-6,9-10,13-16,18H2,1H3,(H,26,28). The summed E-state index contributed by atoms with van der Waals surface area (Å²) in [6.07, 6.45) is 2.68. The van der Waals surface area contributed by atoms with Gasteiger partial charge in [-0.2, -0.15) is 0 Å². The summed E-state index contributed by atoms with van der Waals surface area (Å²) in [6.45, 7) is 3.32. The lowest BCUT2D eigenvalue weighted by molar-refractivity contribution is -0.126. The first-order valence-electron chi connectivity index (χ1n) is 11.0. The minimum absolute atomic E-state index is 0.100. The van der Waals surface area contributed by atoms with Crippen LogP contribution in [0, 0.1) is 12.8 Å². The van der Waals surface area contributed by atoms with Crippen molar-refractivity contribution in [2.24, 2.45) is 5.92 Å². The first kappa shape index (κ1) is 24.6. The Hall–Kier alpha value is -2.09. The molecule has 1 atom stereocenters. The van der Waals surface area contributed by atoms with Crippen molar-refractivity contribution >= 4 is 27.5 Å². The molecule has 2 aromatic rings. The Balaban J connectivity index is 1.41. The van der Waals surface area contributed by atoms with Crippen LogP contribution in [0.3, 0.4) is 0 Å². The summed E-state index contributed by atoms with van der Waals surface area (Å²) in [6, 6.07) is 15.3. The number of halogens is 1. The van der Waals surface area contributed by atoms with Crippen molar-refractivity contribution in [2.45, 2.75) is 32.6 Å². The number of ether oxygens (including phenoxy) is 1. The van der Waals surface area contributed by atoms with Gasteiger partial charge in [0, 0.05) is 18.1 Å². The molecular formula is C24H31ClN2O4S. The number of sulfonamides is 1. The number of hydrogen-bond acceptors (Lipinski definition) is 4. The lowest BCUT2D eigenvalue weighted by Crippen LogP contribution is -2.46. The molecule has 1 aliphatic heterocycles. The minimum atomic E-state index is -3.37. The molecule has 1 aliphatic rings. The van der Waals surface area contributed by atoms with E-state index < -0.39 is 10.0 Å². The Morgan fingerprint density at radius 3 is 2.75 bits per heavy atom. The van der Waals surface area contributed by atoms with Gasteiger partial charge in [-0.1, -0.05) is 48.0 Å². The molecule has 0 saturated carbocycles. The van der Waals surface area contributed by atoms with Crippen LogP contribution in [0.1, 0.15) is 30.4 Å². The first-order valence-corrected chi connectivity index (χ1v) is 13.0. The molecule has 1 fully saturated rings. The maximum absolute atomic E-state index is 12.8. The molecule has 32 heavy (non-hydrogen) atoms. The van der Waals surface area contributed by atoms with Crippen LogP contribution in [0.15, 0.2) is 48.5 Å². The number of carbonyl (C=O) groups is 1. The van der Waals surface area contributed by atoms with Gasteiger partial charge in [0.05, 0.1) is 18.2 Å². The van der Waals surface area contributed by atoms with Gasteiger partial charge in [0.25, 0.3) is 0 Å². The lowest BCUT2D eigenvalue weighted by atomic mass is 9.99. The zero-order valence-corrected chi connectivity index (χ0v) is 20.0. The number of nitrogens with zero attached hydrogens (tertiary/aromatic N) is 1. The van der Waals surface area contributed by atoms with Crippen LogP contribution in [-0.4, -0.2) is 50.6 Å². The van der Waals surface area contributed by atoms with Gasteiger partial charge in [-0.15, -0.1) is 0 Å². The Morgan fingerprint density at radius 2 is 2.00 bits per heavy atom. The first-order chi connectivity index (χ1) is 15.3. The van der Waals surface area contributed by atoms with Crippen LogP contribution in [-0.2, 0) is 21.2 Å². The highest BCUT2D eigenvalue weighted by molar-refractivity contribution is 7.89. The van der Waals surface area contributed by atoms with Crippen molar-refractivity contribution in [1.82, 2.24) is 9.62 Å². The molecule has 1 heterocycles. The Labute approximate surface area is 196 Å². The summed E-state index contributed by atoms with van der Waals surface area (Å²) in [5, 5.41) is 3.50. The maximum atomic E-state index is 12.8. The van der Waals surface area contributed by atoms with Gasteiger partial charge < -0.3 is 10.1 Å². The molecule has 0 bridgehead atoms. The summed E-state index contributed by atoms with van der Waals surface area (Å²) >= 11 is 6.09. The van der Waals surface area contributed by atoms with E-state index in [1.807, 2.05) is 49.4 Å². The van der Waals surface area contributed by atoms with Crippen LogP contribution >= 0.6 is 11.6 Å². The number of carbonyl (C=O) groups excluding carboxylic acids is 1. The average Bonchev–Trinajstić information content (AvgIpc) is 2.79. The Bertz CT molecular complexity index is 998. The van der Waals surface area contributed by atoms with E-state index in [-0.39, 0.29) is 24.1 Å². The van der Waals surface area contributed by atoms with E-state index in [9.17, 15) is 13.2 Å². The molecule has 0 radical (unpaired) electrons. The number of amides is 1. The van der Waals surface area contributed by atoms with Crippen LogP contribution in [0.25, 0.3) is 0 Å². The van der Waals surface area contributed by atoms with Crippen molar-refractivity contribution in [1.29, 1.82) is 0 Å². The van der Waals surface area contributed by atoms with E-state index in [1.165, 1.54) is 4.31 Å². The van der Waals surface area contributed by atoms with Crippen LogP contribution in [0.4, 0.5) is 0 Å². The molecule has 8 heteroatoms. The molecule has 1 amide bonds. The third-order valence-corrected chi connectivity index (χ3v) is 8.00. The molecule has 2 aromatic carbocycles. The highest BCUT2D eigenvalue weighted by Crippen LogP contribution is 2.22. The molecule has 0 aromatic heterocycles. The topological polar surface area (TPSA) is 75.7 Å². The van der Waals surface area contributed by atoms with E-state index in [4.69, 9.17) is 16.3 Å². The van der Waals surface area contributed by atoms with Gasteiger partial charge in [-0.05, 0) is 55.9 Å². The Morgan fingerprint density at radius 1 is 1.22 bits per heavy atom. The van der Waals surface area contributed by atoms with Gasteiger partial charge in [-0.25, -0.2) is 12.7 Å². The van der Waals surface area contributed by atoms with E-state index in [0.29, 0.717) is 49.7 Å². The maximum Gasteiger partial charge on any atom is 0.224 e. The smallest absolute Gasteiger partial charge is 0.224 e. The second-order valence-electron chi connectivity index (χ2n) is 8.15. The predicted molar refractivity (Wildman–Crippen MR) is 128 cm³/mol. The van der Waals surface area contributed by atoms with Crippen molar-refractivity contribution < 1.29 is 17.9 Å². The summed E-state index contributed by atoms with van der Waals surface area (Å²) in [5.74, 6) is 0.296. The highest BCUT2D eigenvalue weighted by atomic mass is 35.5. The summed E-state index contributed by atoms with van der Waals surface area (Å²) < 4.78 is 32.7. The van der Waals surface area contributed by atoms with Gasteiger partial charge in [0.1, 0.15) is 12.4 Å². The third-order valence-electron chi connectivity index (χ3n) is 5.67. The highest BCUT2D eigenvalue weighted by Gasteiger charge is 2.31. The average molecular weight is 479 g/mol. The lowest BCUT2D eigenvalue weighted by Gasteiger charge is -2.31. The van der Waals surface area contributed by atoms with E-state index >= 15 is 0 Å². The van der Waals surface area contributed by atoms with Crippen LogP contribution in [0.2, 0.25) is 5.02 Å². The number of aryl methyl sites for hydroxylation is 2. The molecule has 1 N–H and O–H groups in total. The van der Waals surface area contributed by atoms with Gasteiger partial charge in [0.2, 0.25) is 15.9 Å². The molecule has 0 spiro atoms. The van der Waals surface area contributed by atoms with Gasteiger partial charge in [0.15, 0.2) is 0 Å². The van der Waals surface area contributed by atoms with E-state index in [1.54, 1.807) is 6.07 Å². The van der Waals surface area contributed by atoms with Crippen molar-refractivity contribution in [3.63, 3.8) is 0 Å². The van der Waals surface area contributed by atoms with Crippen molar-refractivity contribution in [3.8, 4) is 5.75 Å². The van der Waals surface area contributed by atoms with Gasteiger partial charge in [-0.3, -0.25) is 4.79 Å². The largest absolute Gasteiger partial charge is 0.492 e. The van der Waals surface area contributed by atoms with Crippen LogP contribution in [0.5, 0.6) is 5.75 Å². The molecule has 174 valence electrons. The van der Waals surface area contributed by atoms with E-state index in [0.717, 1.165) is 17.5 Å². The van der Waals surface area contributed by atoms with Crippen molar-refractivity contribution in [2.75, 3.05) is 32.0 Å². The monoisotopic (exact) mass is 478 g/mol. The zero-order valence-electron chi connectivity index (χ0n) is 18.4.